The maximum absolute atomic E-state index is 2.45. The maximum atomic E-state index is 2.45. The van der Waals surface area contributed by atoms with Gasteiger partial charge in [0.15, 0.2) is 0 Å². The molecule has 0 unspecified atom stereocenters. The van der Waals surface area contributed by atoms with Crippen LogP contribution in [0.3, 0.4) is 0 Å². The number of hydrogen-bond donors (Lipinski definition) is 0. The lowest BCUT2D eigenvalue weighted by molar-refractivity contribution is 0.590. The summed E-state index contributed by atoms with van der Waals surface area (Å²) in [5, 5.41) is 5.25. The second-order valence-corrected chi connectivity index (χ2v) is 13.0. The Hall–Kier alpha value is -5.08. The number of nitrogens with zero attached hydrogens (tertiary/aromatic N) is 2. The molecule has 0 radical (unpaired) electrons. The van der Waals surface area contributed by atoms with Gasteiger partial charge in [0.05, 0.1) is 22.1 Å². The standard InChI is InChI=1S/C41H32N2/c1-41(2,3)27-18-17-26-23-34-30(33(26)24-27)20-22-39-40(34)35-25-29(19-21-38(35)42(39)28-11-5-4-6-12-28)43-36-15-9-7-13-31(36)32-14-8-10-16-37(32)43/h4-22,24-25H,23H2,1-3H3. The lowest BCUT2D eigenvalue weighted by Gasteiger charge is -2.20. The van der Waals surface area contributed by atoms with Gasteiger partial charge < -0.3 is 9.13 Å². The molecule has 6 aromatic carbocycles. The molecule has 2 heteroatoms. The molecular weight excluding hydrogens is 520 g/mol. The number of benzene rings is 6. The second-order valence-electron chi connectivity index (χ2n) is 13.0. The topological polar surface area (TPSA) is 9.86 Å². The van der Waals surface area contributed by atoms with Crippen molar-refractivity contribution in [2.45, 2.75) is 32.6 Å². The van der Waals surface area contributed by atoms with E-state index in [1.165, 1.54) is 82.8 Å². The van der Waals surface area contributed by atoms with Crippen LogP contribution in [0.25, 0.3) is 66.1 Å². The van der Waals surface area contributed by atoms with Crippen LogP contribution in [-0.2, 0) is 11.8 Å². The van der Waals surface area contributed by atoms with Crippen LogP contribution < -0.4 is 0 Å². The van der Waals surface area contributed by atoms with Crippen molar-refractivity contribution in [3.05, 3.63) is 144 Å². The normalized spacial score (nSPS) is 12.9. The predicted molar refractivity (Wildman–Crippen MR) is 182 cm³/mol. The van der Waals surface area contributed by atoms with E-state index >= 15 is 0 Å². The summed E-state index contributed by atoms with van der Waals surface area (Å²) < 4.78 is 4.88. The van der Waals surface area contributed by atoms with Crippen molar-refractivity contribution in [3.8, 4) is 22.5 Å². The van der Waals surface area contributed by atoms with Crippen LogP contribution in [-0.4, -0.2) is 9.13 Å². The Morgan fingerprint density at radius 1 is 0.488 bits per heavy atom. The molecule has 206 valence electrons. The third kappa shape index (κ3) is 3.47. The molecule has 8 aromatic rings. The predicted octanol–water partition coefficient (Wildman–Crippen LogP) is 10.7. The van der Waals surface area contributed by atoms with Crippen LogP contribution in [0.1, 0.15) is 37.5 Å². The van der Waals surface area contributed by atoms with Gasteiger partial charge in [0.25, 0.3) is 0 Å². The Labute approximate surface area is 251 Å². The average molecular weight is 553 g/mol. The van der Waals surface area contributed by atoms with Crippen molar-refractivity contribution < 1.29 is 0 Å². The van der Waals surface area contributed by atoms with Crippen LogP contribution in [0.4, 0.5) is 0 Å². The number of aromatic nitrogens is 2. The summed E-state index contributed by atoms with van der Waals surface area (Å²) in [5.74, 6) is 0. The van der Waals surface area contributed by atoms with E-state index in [1.807, 2.05) is 0 Å². The fourth-order valence-corrected chi connectivity index (χ4v) is 7.44. The van der Waals surface area contributed by atoms with E-state index in [4.69, 9.17) is 0 Å². The summed E-state index contributed by atoms with van der Waals surface area (Å²) >= 11 is 0. The van der Waals surface area contributed by atoms with E-state index in [-0.39, 0.29) is 5.41 Å². The zero-order chi connectivity index (χ0) is 28.9. The minimum atomic E-state index is 0.114. The molecule has 9 rings (SSSR count). The first kappa shape index (κ1) is 24.5. The van der Waals surface area contributed by atoms with Crippen LogP contribution in [0.15, 0.2) is 127 Å². The van der Waals surface area contributed by atoms with Crippen molar-refractivity contribution in [3.63, 3.8) is 0 Å². The minimum absolute atomic E-state index is 0.114. The summed E-state index contributed by atoms with van der Waals surface area (Å²) in [6, 6.07) is 47.2. The number of fused-ring (bicyclic) bond motifs is 10. The first-order valence-electron chi connectivity index (χ1n) is 15.3. The lowest BCUT2D eigenvalue weighted by Crippen LogP contribution is -2.10. The molecule has 1 aliphatic rings. The number of para-hydroxylation sites is 3. The quantitative estimate of drug-likeness (QED) is 0.202. The van der Waals surface area contributed by atoms with Crippen LogP contribution in [0, 0.1) is 0 Å². The van der Waals surface area contributed by atoms with Gasteiger partial charge in [-0.1, -0.05) is 99.6 Å². The fraction of sp³-hybridized carbons (Fsp3) is 0.122. The smallest absolute Gasteiger partial charge is 0.0544 e. The number of hydrogen-bond acceptors (Lipinski definition) is 0. The van der Waals surface area contributed by atoms with Gasteiger partial charge in [-0.3, -0.25) is 0 Å². The molecule has 2 heterocycles. The molecule has 0 N–H and O–H groups in total. The summed E-state index contributed by atoms with van der Waals surface area (Å²) in [6.07, 6.45) is 0.958. The van der Waals surface area contributed by atoms with Crippen molar-refractivity contribution in [1.29, 1.82) is 0 Å². The molecule has 0 saturated carbocycles. The Morgan fingerprint density at radius 3 is 1.84 bits per heavy atom. The molecule has 0 aliphatic heterocycles. The summed E-state index contributed by atoms with van der Waals surface area (Å²) in [7, 11) is 0. The van der Waals surface area contributed by atoms with Gasteiger partial charge in [0.2, 0.25) is 0 Å². The fourth-order valence-electron chi connectivity index (χ4n) is 7.44. The van der Waals surface area contributed by atoms with Crippen molar-refractivity contribution in [1.82, 2.24) is 9.13 Å². The largest absolute Gasteiger partial charge is 0.309 e. The SMILES string of the molecule is CC(C)(C)c1ccc2c(c1)-c1ccc3c(c1C2)c1cc(-n2c4ccccc4c4ccccc42)ccc1n3-c1ccccc1. The van der Waals surface area contributed by atoms with Gasteiger partial charge in [-0.05, 0) is 88.2 Å². The summed E-state index contributed by atoms with van der Waals surface area (Å²) in [4.78, 5) is 0. The van der Waals surface area contributed by atoms with Crippen molar-refractivity contribution in [2.24, 2.45) is 0 Å². The van der Waals surface area contributed by atoms with Gasteiger partial charge in [0, 0.05) is 32.9 Å². The molecule has 1 aliphatic carbocycles. The second kappa shape index (κ2) is 8.72. The molecule has 2 nitrogen and oxygen atoms in total. The number of rotatable bonds is 2. The molecule has 0 spiro atoms. The molecule has 0 bridgehead atoms. The molecule has 43 heavy (non-hydrogen) atoms. The molecule has 2 aromatic heterocycles. The Bertz CT molecular complexity index is 2340. The molecule has 0 amide bonds. The van der Waals surface area contributed by atoms with Crippen molar-refractivity contribution in [2.75, 3.05) is 0 Å². The molecule has 0 saturated heterocycles. The van der Waals surface area contributed by atoms with E-state index in [0.29, 0.717) is 0 Å². The zero-order valence-corrected chi connectivity index (χ0v) is 24.7. The highest BCUT2D eigenvalue weighted by atomic mass is 15.0. The zero-order valence-electron chi connectivity index (χ0n) is 24.7. The third-order valence-corrected chi connectivity index (χ3v) is 9.51. The lowest BCUT2D eigenvalue weighted by atomic mass is 9.85. The van der Waals surface area contributed by atoms with Gasteiger partial charge in [0.1, 0.15) is 0 Å². The van der Waals surface area contributed by atoms with E-state index in [9.17, 15) is 0 Å². The average Bonchev–Trinajstić information content (AvgIpc) is 3.68. The first-order chi connectivity index (χ1) is 21.0. The van der Waals surface area contributed by atoms with Crippen LogP contribution in [0.5, 0.6) is 0 Å². The highest BCUT2D eigenvalue weighted by Gasteiger charge is 2.26. The van der Waals surface area contributed by atoms with Crippen molar-refractivity contribution >= 4 is 43.6 Å². The minimum Gasteiger partial charge on any atom is -0.309 e. The molecular formula is C41H32N2. The van der Waals surface area contributed by atoms with Crippen LogP contribution in [0.2, 0.25) is 0 Å². The van der Waals surface area contributed by atoms with E-state index in [2.05, 4.69) is 157 Å². The first-order valence-corrected chi connectivity index (χ1v) is 15.3. The van der Waals surface area contributed by atoms with E-state index in [1.54, 1.807) is 0 Å². The van der Waals surface area contributed by atoms with Gasteiger partial charge in [-0.25, -0.2) is 0 Å². The van der Waals surface area contributed by atoms with Crippen LogP contribution >= 0.6 is 0 Å². The van der Waals surface area contributed by atoms with Gasteiger partial charge in [-0.2, -0.15) is 0 Å². The molecule has 0 atom stereocenters. The Morgan fingerprint density at radius 2 is 1.12 bits per heavy atom. The van der Waals surface area contributed by atoms with E-state index < -0.39 is 0 Å². The summed E-state index contributed by atoms with van der Waals surface area (Å²) in [6.45, 7) is 6.91. The maximum Gasteiger partial charge on any atom is 0.0544 e. The highest BCUT2D eigenvalue weighted by Crippen LogP contribution is 2.46. The van der Waals surface area contributed by atoms with Gasteiger partial charge in [-0.15, -0.1) is 0 Å². The Kier molecular flexibility index (Phi) is 4.97. The third-order valence-electron chi connectivity index (χ3n) is 9.51. The van der Waals surface area contributed by atoms with Gasteiger partial charge >= 0.3 is 0 Å². The summed E-state index contributed by atoms with van der Waals surface area (Å²) in [5.41, 5.74) is 14.5. The highest BCUT2D eigenvalue weighted by molar-refractivity contribution is 6.15. The van der Waals surface area contributed by atoms with E-state index in [0.717, 1.165) is 6.42 Å². The Balaban J connectivity index is 1.37. The monoisotopic (exact) mass is 552 g/mol. The molecule has 0 fully saturated rings.